The van der Waals surface area contributed by atoms with Gasteiger partial charge < -0.3 is 10.1 Å². The molecule has 0 fully saturated rings. The van der Waals surface area contributed by atoms with E-state index in [0.29, 0.717) is 19.6 Å². The lowest BCUT2D eigenvalue weighted by Gasteiger charge is -2.18. The number of amides is 1. The van der Waals surface area contributed by atoms with Crippen molar-refractivity contribution in [2.24, 2.45) is 5.92 Å². The highest BCUT2D eigenvalue weighted by Gasteiger charge is 2.23. The molecule has 1 atom stereocenters. The zero-order chi connectivity index (χ0) is 18.6. The summed E-state index contributed by atoms with van der Waals surface area (Å²) >= 11 is 0. The van der Waals surface area contributed by atoms with E-state index < -0.39 is 0 Å². The summed E-state index contributed by atoms with van der Waals surface area (Å²) in [6, 6.07) is 7.99. The maximum absolute atomic E-state index is 12.6. The first kappa shape index (κ1) is 18.0. The van der Waals surface area contributed by atoms with Crippen LogP contribution in [0.1, 0.15) is 47.6 Å². The quantitative estimate of drug-likeness (QED) is 0.905. The third-order valence-electron chi connectivity index (χ3n) is 5.62. The Kier molecular flexibility index (Phi) is 5.37. The number of fused-ring (bicyclic) bond motifs is 2. The van der Waals surface area contributed by atoms with Crippen LogP contribution in [0, 0.1) is 12.8 Å². The summed E-state index contributed by atoms with van der Waals surface area (Å²) in [5.41, 5.74) is 4.78. The summed E-state index contributed by atoms with van der Waals surface area (Å²) in [7, 11) is 0. The molecule has 1 N–H and O–H groups in total. The predicted molar refractivity (Wildman–Crippen MR) is 104 cm³/mol. The number of carbonyl (C=O) groups excluding carboxylic acids is 1. The first-order valence-electron chi connectivity index (χ1n) is 10.0. The fraction of sp³-hybridized carbons (Fsp3) is 0.500. The minimum atomic E-state index is -0.0418. The van der Waals surface area contributed by atoms with Crippen LogP contribution in [0.5, 0.6) is 5.75 Å². The molecule has 2 aromatic rings. The SMILES string of the molecule is Cc1nc(CCNC(=O)[C@@H]2CCOc3ccccc3C2)nc2c1CCCC2. The van der Waals surface area contributed by atoms with Crippen LogP contribution in [0.15, 0.2) is 24.3 Å². The van der Waals surface area contributed by atoms with E-state index in [2.05, 4.69) is 17.2 Å². The number of nitrogens with zero attached hydrogens (tertiary/aromatic N) is 2. The minimum Gasteiger partial charge on any atom is -0.493 e. The third-order valence-corrected chi connectivity index (χ3v) is 5.62. The Morgan fingerprint density at radius 2 is 2.07 bits per heavy atom. The summed E-state index contributed by atoms with van der Waals surface area (Å²) < 4.78 is 5.77. The third kappa shape index (κ3) is 4.12. The molecule has 1 aliphatic heterocycles. The van der Waals surface area contributed by atoms with Gasteiger partial charge in [-0.05, 0) is 62.6 Å². The van der Waals surface area contributed by atoms with E-state index in [9.17, 15) is 4.79 Å². The summed E-state index contributed by atoms with van der Waals surface area (Å²) in [6.07, 6.45) is 6.76. The van der Waals surface area contributed by atoms with Gasteiger partial charge in [0.1, 0.15) is 11.6 Å². The molecule has 0 radical (unpaired) electrons. The number of nitrogens with one attached hydrogen (secondary N) is 1. The molecule has 0 saturated heterocycles. The molecule has 2 heterocycles. The van der Waals surface area contributed by atoms with Gasteiger partial charge in [0, 0.05) is 30.3 Å². The summed E-state index contributed by atoms with van der Waals surface area (Å²) in [6.45, 7) is 3.25. The molecule has 2 aliphatic rings. The van der Waals surface area contributed by atoms with E-state index in [0.717, 1.165) is 48.5 Å². The van der Waals surface area contributed by atoms with Gasteiger partial charge in [-0.25, -0.2) is 9.97 Å². The Morgan fingerprint density at radius 3 is 3.00 bits per heavy atom. The van der Waals surface area contributed by atoms with Crippen molar-refractivity contribution in [3.05, 3.63) is 52.6 Å². The van der Waals surface area contributed by atoms with Crippen molar-refractivity contribution in [2.75, 3.05) is 13.2 Å². The predicted octanol–water partition coefficient (Wildman–Crippen LogP) is 2.96. The fourth-order valence-electron chi connectivity index (χ4n) is 4.11. The van der Waals surface area contributed by atoms with Gasteiger partial charge >= 0.3 is 0 Å². The normalized spacial score (nSPS) is 18.6. The Balaban J connectivity index is 1.34. The molecule has 0 unspecified atom stereocenters. The summed E-state index contributed by atoms with van der Waals surface area (Å²) in [5, 5.41) is 3.08. The van der Waals surface area contributed by atoms with E-state index >= 15 is 0 Å². The van der Waals surface area contributed by atoms with Crippen molar-refractivity contribution in [1.29, 1.82) is 0 Å². The highest BCUT2D eigenvalue weighted by atomic mass is 16.5. The van der Waals surface area contributed by atoms with Crippen molar-refractivity contribution in [1.82, 2.24) is 15.3 Å². The van der Waals surface area contributed by atoms with Crippen LogP contribution in [-0.2, 0) is 30.5 Å². The van der Waals surface area contributed by atoms with Crippen LogP contribution >= 0.6 is 0 Å². The van der Waals surface area contributed by atoms with Crippen LogP contribution in [0.3, 0.4) is 0 Å². The number of aromatic nitrogens is 2. The van der Waals surface area contributed by atoms with Crippen LogP contribution in [-0.4, -0.2) is 29.0 Å². The van der Waals surface area contributed by atoms with Gasteiger partial charge in [0.25, 0.3) is 0 Å². The van der Waals surface area contributed by atoms with Gasteiger partial charge in [0.15, 0.2) is 0 Å². The number of ether oxygens (including phenoxy) is 1. The van der Waals surface area contributed by atoms with Crippen molar-refractivity contribution in [2.45, 2.75) is 51.9 Å². The zero-order valence-corrected chi connectivity index (χ0v) is 16.0. The molecule has 5 nitrogen and oxygen atoms in total. The van der Waals surface area contributed by atoms with Crippen LogP contribution < -0.4 is 10.1 Å². The molecule has 1 amide bonds. The minimum absolute atomic E-state index is 0.0418. The van der Waals surface area contributed by atoms with Gasteiger partial charge in [-0.3, -0.25) is 4.79 Å². The molecule has 0 saturated carbocycles. The number of benzene rings is 1. The average Bonchev–Trinajstić information content (AvgIpc) is 2.90. The van der Waals surface area contributed by atoms with Crippen molar-refractivity contribution in [3.63, 3.8) is 0 Å². The van der Waals surface area contributed by atoms with Gasteiger partial charge in [-0.1, -0.05) is 18.2 Å². The lowest BCUT2D eigenvalue weighted by molar-refractivity contribution is -0.125. The number of hydrogen-bond acceptors (Lipinski definition) is 4. The second-order valence-electron chi connectivity index (χ2n) is 7.54. The largest absolute Gasteiger partial charge is 0.493 e. The standard InChI is InChI=1S/C22H27N3O2/c1-15-18-7-3-4-8-19(18)25-21(24-15)10-12-23-22(26)17-11-13-27-20-9-5-2-6-16(20)14-17/h2,5-6,9,17H,3-4,7-8,10-14H2,1H3,(H,23,26)/t17-/m1/s1. The second-order valence-corrected chi connectivity index (χ2v) is 7.54. The lowest BCUT2D eigenvalue weighted by Crippen LogP contribution is -2.34. The number of rotatable bonds is 4. The van der Waals surface area contributed by atoms with Gasteiger partial charge in [0.2, 0.25) is 5.91 Å². The van der Waals surface area contributed by atoms with Crippen LogP contribution in [0.25, 0.3) is 0 Å². The monoisotopic (exact) mass is 365 g/mol. The van der Waals surface area contributed by atoms with Crippen LogP contribution in [0.2, 0.25) is 0 Å². The van der Waals surface area contributed by atoms with Gasteiger partial charge in [0.05, 0.1) is 6.61 Å². The number of hydrogen-bond donors (Lipinski definition) is 1. The fourth-order valence-corrected chi connectivity index (χ4v) is 4.11. The van der Waals surface area contributed by atoms with Gasteiger partial charge in [-0.15, -0.1) is 0 Å². The number of aryl methyl sites for hydroxylation is 2. The van der Waals surface area contributed by atoms with Crippen LogP contribution in [0.4, 0.5) is 0 Å². The van der Waals surface area contributed by atoms with E-state index in [1.807, 2.05) is 24.3 Å². The molecule has 0 spiro atoms. The number of carbonyl (C=O) groups is 1. The maximum Gasteiger partial charge on any atom is 0.223 e. The molecule has 4 rings (SSSR count). The second kappa shape index (κ2) is 8.07. The first-order chi connectivity index (χ1) is 13.2. The van der Waals surface area contributed by atoms with Crippen molar-refractivity contribution >= 4 is 5.91 Å². The molecular weight excluding hydrogens is 338 g/mol. The summed E-state index contributed by atoms with van der Waals surface area (Å²) in [4.78, 5) is 22.0. The Hall–Kier alpha value is -2.43. The molecule has 5 heteroatoms. The highest BCUT2D eigenvalue weighted by molar-refractivity contribution is 5.79. The van der Waals surface area contributed by atoms with E-state index in [1.54, 1.807) is 0 Å². The molecule has 1 aliphatic carbocycles. The smallest absolute Gasteiger partial charge is 0.223 e. The molecule has 142 valence electrons. The zero-order valence-electron chi connectivity index (χ0n) is 16.0. The Bertz CT molecular complexity index is 834. The maximum atomic E-state index is 12.6. The molecule has 0 bridgehead atoms. The van der Waals surface area contributed by atoms with E-state index in [1.165, 1.54) is 24.1 Å². The van der Waals surface area contributed by atoms with E-state index in [4.69, 9.17) is 9.72 Å². The molecular formula is C22H27N3O2. The number of para-hydroxylation sites is 1. The molecule has 1 aromatic carbocycles. The first-order valence-corrected chi connectivity index (χ1v) is 10.0. The molecule has 27 heavy (non-hydrogen) atoms. The molecule has 1 aromatic heterocycles. The van der Waals surface area contributed by atoms with E-state index in [-0.39, 0.29) is 11.8 Å². The Morgan fingerprint density at radius 1 is 1.22 bits per heavy atom. The van der Waals surface area contributed by atoms with Crippen molar-refractivity contribution < 1.29 is 9.53 Å². The topological polar surface area (TPSA) is 64.1 Å². The highest BCUT2D eigenvalue weighted by Crippen LogP contribution is 2.26. The average molecular weight is 365 g/mol. The lowest BCUT2D eigenvalue weighted by atomic mass is 9.95. The van der Waals surface area contributed by atoms with Crippen molar-refractivity contribution in [3.8, 4) is 5.75 Å². The van der Waals surface area contributed by atoms with Gasteiger partial charge in [-0.2, -0.15) is 0 Å². The summed E-state index contributed by atoms with van der Waals surface area (Å²) in [5.74, 6) is 1.82. The Labute approximate surface area is 160 Å².